The number of alkyl halides is 1. The van der Waals surface area contributed by atoms with Gasteiger partial charge in [0.05, 0.1) is 5.69 Å². The smallest absolute Gasteiger partial charge is 0.123 e. The molecule has 0 bridgehead atoms. The van der Waals surface area contributed by atoms with Crippen LogP contribution in [0.1, 0.15) is 12.1 Å². The van der Waals surface area contributed by atoms with Crippen LogP contribution in [0.3, 0.4) is 0 Å². The Morgan fingerprint density at radius 3 is 3.07 bits per heavy atom. The molecule has 14 heavy (non-hydrogen) atoms. The Labute approximate surface area is 82.7 Å². The average Bonchev–Trinajstić information content (AvgIpc) is 2.51. The maximum Gasteiger partial charge on any atom is 0.123 e. The van der Waals surface area contributed by atoms with Gasteiger partial charge in [-0.3, -0.25) is 4.90 Å². The van der Waals surface area contributed by atoms with Crippen LogP contribution in [0.2, 0.25) is 0 Å². The van der Waals surface area contributed by atoms with Gasteiger partial charge in [0, 0.05) is 19.6 Å². The lowest BCUT2D eigenvalue weighted by atomic mass is 10.3. The van der Waals surface area contributed by atoms with Gasteiger partial charge in [0.15, 0.2) is 0 Å². The maximum atomic E-state index is 12.9. The van der Waals surface area contributed by atoms with Gasteiger partial charge in [0.2, 0.25) is 0 Å². The summed E-state index contributed by atoms with van der Waals surface area (Å²) in [6.07, 6.45) is -0.0291. The van der Waals surface area contributed by atoms with Crippen LogP contribution in [0, 0.1) is 0 Å². The number of rotatable bonds is 2. The lowest BCUT2D eigenvalue weighted by molar-refractivity contribution is 0.280. The van der Waals surface area contributed by atoms with E-state index in [0.717, 1.165) is 12.2 Å². The molecule has 2 heterocycles. The molecule has 0 aromatic carbocycles. The Bertz CT molecular complexity index is 316. The minimum Gasteiger partial charge on any atom is -0.384 e. The average molecular weight is 195 g/mol. The number of pyridine rings is 1. The van der Waals surface area contributed by atoms with Gasteiger partial charge < -0.3 is 5.73 Å². The number of anilines is 1. The molecule has 1 saturated heterocycles. The van der Waals surface area contributed by atoms with E-state index in [0.29, 0.717) is 25.3 Å². The first-order valence-corrected chi connectivity index (χ1v) is 4.82. The molecule has 0 spiro atoms. The summed E-state index contributed by atoms with van der Waals surface area (Å²) in [5.74, 6) is 0.526. The van der Waals surface area contributed by atoms with Crippen molar-refractivity contribution in [3.63, 3.8) is 0 Å². The Morgan fingerprint density at radius 2 is 2.43 bits per heavy atom. The van der Waals surface area contributed by atoms with Gasteiger partial charge in [0.1, 0.15) is 12.0 Å². The molecular weight excluding hydrogens is 181 g/mol. The van der Waals surface area contributed by atoms with Crippen molar-refractivity contribution in [2.75, 3.05) is 18.8 Å². The van der Waals surface area contributed by atoms with Crippen LogP contribution in [0.5, 0.6) is 0 Å². The molecule has 1 aliphatic rings. The summed E-state index contributed by atoms with van der Waals surface area (Å²) < 4.78 is 12.9. The second-order valence-electron chi connectivity index (χ2n) is 3.67. The van der Waals surface area contributed by atoms with Gasteiger partial charge in [0.25, 0.3) is 0 Å². The number of nitrogens with two attached hydrogens (primary N) is 1. The highest BCUT2D eigenvalue weighted by molar-refractivity contribution is 5.28. The monoisotopic (exact) mass is 195 g/mol. The molecule has 1 aliphatic heterocycles. The van der Waals surface area contributed by atoms with E-state index in [2.05, 4.69) is 9.88 Å². The van der Waals surface area contributed by atoms with E-state index in [-0.39, 0.29) is 0 Å². The number of hydrogen-bond donors (Lipinski definition) is 1. The summed E-state index contributed by atoms with van der Waals surface area (Å²) in [5.41, 5.74) is 6.47. The fourth-order valence-electron chi connectivity index (χ4n) is 1.74. The van der Waals surface area contributed by atoms with E-state index in [1.165, 1.54) is 0 Å². The highest BCUT2D eigenvalue weighted by atomic mass is 19.1. The summed E-state index contributed by atoms with van der Waals surface area (Å²) >= 11 is 0. The summed E-state index contributed by atoms with van der Waals surface area (Å²) in [7, 11) is 0. The molecule has 2 rings (SSSR count). The van der Waals surface area contributed by atoms with Crippen LogP contribution in [0.25, 0.3) is 0 Å². The summed E-state index contributed by atoms with van der Waals surface area (Å²) in [6.45, 7) is 2.04. The van der Waals surface area contributed by atoms with Crippen LogP contribution in [0.15, 0.2) is 18.2 Å². The molecular formula is C10H14FN3. The lowest BCUT2D eigenvalue weighted by Crippen LogP contribution is -2.21. The van der Waals surface area contributed by atoms with Crippen molar-refractivity contribution in [3.05, 3.63) is 23.9 Å². The zero-order valence-corrected chi connectivity index (χ0v) is 7.99. The summed E-state index contributed by atoms with van der Waals surface area (Å²) in [4.78, 5) is 6.24. The van der Waals surface area contributed by atoms with Gasteiger partial charge in [-0.25, -0.2) is 9.37 Å². The molecule has 0 saturated carbocycles. The third-order valence-corrected chi connectivity index (χ3v) is 2.43. The van der Waals surface area contributed by atoms with E-state index in [1.54, 1.807) is 6.07 Å². The molecule has 1 unspecified atom stereocenters. The van der Waals surface area contributed by atoms with Gasteiger partial charge in [-0.2, -0.15) is 0 Å². The maximum absolute atomic E-state index is 12.9. The SMILES string of the molecule is Nc1cccc(CN2CCC(F)C2)n1. The molecule has 0 aliphatic carbocycles. The molecule has 2 N–H and O–H groups in total. The van der Waals surface area contributed by atoms with E-state index in [9.17, 15) is 4.39 Å². The molecule has 1 aromatic rings. The predicted molar refractivity (Wildman–Crippen MR) is 53.4 cm³/mol. The summed E-state index contributed by atoms with van der Waals surface area (Å²) in [6, 6.07) is 5.55. The molecule has 4 heteroatoms. The van der Waals surface area contributed by atoms with Crippen LogP contribution in [-0.2, 0) is 6.54 Å². The number of hydrogen-bond acceptors (Lipinski definition) is 3. The fraction of sp³-hybridized carbons (Fsp3) is 0.500. The second kappa shape index (κ2) is 3.92. The van der Waals surface area contributed by atoms with Crippen molar-refractivity contribution in [2.45, 2.75) is 19.1 Å². The van der Waals surface area contributed by atoms with Crippen molar-refractivity contribution in [1.29, 1.82) is 0 Å². The first-order valence-electron chi connectivity index (χ1n) is 4.82. The van der Waals surface area contributed by atoms with Gasteiger partial charge in [-0.05, 0) is 18.6 Å². The molecule has 0 amide bonds. The number of aromatic nitrogens is 1. The number of nitrogens with zero attached hydrogens (tertiary/aromatic N) is 2. The van der Waals surface area contributed by atoms with Crippen LogP contribution in [-0.4, -0.2) is 29.1 Å². The molecule has 76 valence electrons. The van der Waals surface area contributed by atoms with Gasteiger partial charge in [-0.1, -0.05) is 6.07 Å². The molecule has 0 radical (unpaired) electrons. The van der Waals surface area contributed by atoms with Crippen molar-refractivity contribution in [1.82, 2.24) is 9.88 Å². The Kier molecular flexibility index (Phi) is 2.63. The van der Waals surface area contributed by atoms with Crippen molar-refractivity contribution >= 4 is 5.82 Å². The third-order valence-electron chi connectivity index (χ3n) is 2.43. The molecule has 3 nitrogen and oxygen atoms in total. The fourth-order valence-corrected chi connectivity index (χ4v) is 1.74. The van der Waals surface area contributed by atoms with Gasteiger partial charge >= 0.3 is 0 Å². The van der Waals surface area contributed by atoms with Crippen LogP contribution < -0.4 is 5.73 Å². The van der Waals surface area contributed by atoms with Crippen molar-refractivity contribution in [2.24, 2.45) is 0 Å². The zero-order chi connectivity index (χ0) is 9.97. The molecule has 1 aromatic heterocycles. The topological polar surface area (TPSA) is 42.1 Å². The molecule has 1 fully saturated rings. The van der Waals surface area contributed by atoms with E-state index >= 15 is 0 Å². The van der Waals surface area contributed by atoms with Crippen molar-refractivity contribution in [3.8, 4) is 0 Å². The highest BCUT2D eigenvalue weighted by Gasteiger charge is 2.21. The first kappa shape index (κ1) is 9.40. The number of nitrogen functional groups attached to an aromatic ring is 1. The Hall–Kier alpha value is -1.16. The zero-order valence-electron chi connectivity index (χ0n) is 7.99. The minimum absolute atomic E-state index is 0.524. The molecule has 1 atom stereocenters. The summed E-state index contributed by atoms with van der Waals surface area (Å²) in [5, 5.41) is 0. The van der Waals surface area contributed by atoms with E-state index in [4.69, 9.17) is 5.73 Å². The number of likely N-dealkylation sites (tertiary alicyclic amines) is 1. The minimum atomic E-state index is -0.670. The van der Waals surface area contributed by atoms with Gasteiger partial charge in [-0.15, -0.1) is 0 Å². The van der Waals surface area contributed by atoms with Crippen molar-refractivity contribution < 1.29 is 4.39 Å². The standard InChI is InChI=1S/C10H14FN3/c11-8-4-5-14(6-8)7-9-2-1-3-10(12)13-9/h1-3,8H,4-7H2,(H2,12,13). The Balaban J connectivity index is 1.97. The first-order chi connectivity index (χ1) is 6.74. The normalized spacial score (nSPS) is 22.8. The largest absolute Gasteiger partial charge is 0.384 e. The highest BCUT2D eigenvalue weighted by Crippen LogP contribution is 2.14. The third kappa shape index (κ3) is 2.20. The Morgan fingerprint density at radius 1 is 1.57 bits per heavy atom. The van der Waals surface area contributed by atoms with E-state index in [1.807, 2.05) is 12.1 Å². The lowest BCUT2D eigenvalue weighted by Gasteiger charge is -2.13. The van der Waals surface area contributed by atoms with Crippen LogP contribution >= 0.6 is 0 Å². The number of halogens is 1. The predicted octanol–water partition coefficient (Wildman–Crippen LogP) is 1.21. The van der Waals surface area contributed by atoms with Crippen LogP contribution in [0.4, 0.5) is 10.2 Å². The second-order valence-corrected chi connectivity index (χ2v) is 3.67. The van der Waals surface area contributed by atoms with E-state index < -0.39 is 6.17 Å². The quantitative estimate of drug-likeness (QED) is 0.771.